The molecular formula is C20H21N5OS. The number of nitrogens with zero attached hydrogens (tertiary/aromatic N) is 4. The van der Waals surface area contributed by atoms with Crippen molar-refractivity contribution in [1.82, 2.24) is 15.3 Å². The van der Waals surface area contributed by atoms with Crippen molar-refractivity contribution in [1.29, 1.82) is 0 Å². The second-order valence-corrected chi connectivity index (χ2v) is 7.50. The predicted molar refractivity (Wildman–Crippen MR) is 107 cm³/mol. The number of carbonyl (C=O) groups is 1. The average molecular weight is 379 g/mol. The lowest BCUT2D eigenvalue weighted by Gasteiger charge is -2.33. The van der Waals surface area contributed by atoms with E-state index in [4.69, 9.17) is 10.1 Å². The van der Waals surface area contributed by atoms with Crippen LogP contribution < -0.4 is 15.9 Å². The maximum Gasteiger partial charge on any atom is 0.276 e. The van der Waals surface area contributed by atoms with E-state index in [-0.39, 0.29) is 5.91 Å². The largest absolute Gasteiger partial charge is 0.298 e. The lowest BCUT2D eigenvalue weighted by molar-refractivity contribution is -0.116. The quantitative estimate of drug-likeness (QED) is 0.808. The van der Waals surface area contributed by atoms with E-state index >= 15 is 0 Å². The Hall–Kier alpha value is -2.67. The molecule has 4 rings (SSSR count). The minimum absolute atomic E-state index is 0.140. The highest BCUT2D eigenvalue weighted by atomic mass is 32.2. The minimum atomic E-state index is -0.402. The number of hydrogen-bond donors (Lipinski definition) is 1. The maximum atomic E-state index is 12.9. The number of hydrogen-bond acceptors (Lipinski definition) is 6. The predicted octanol–water partition coefficient (Wildman–Crippen LogP) is 2.15. The summed E-state index contributed by atoms with van der Waals surface area (Å²) in [6.45, 7) is 2.18. The lowest BCUT2D eigenvalue weighted by Crippen LogP contribution is -2.50. The summed E-state index contributed by atoms with van der Waals surface area (Å²) in [6.07, 6.45) is 6.55. The van der Waals surface area contributed by atoms with Gasteiger partial charge in [0.25, 0.3) is 5.91 Å². The molecule has 0 fully saturated rings. The number of thioether (sulfide) groups is 1. The van der Waals surface area contributed by atoms with Gasteiger partial charge in [-0.05, 0) is 18.6 Å². The molecule has 2 aromatic rings. The van der Waals surface area contributed by atoms with Gasteiger partial charge < -0.3 is 0 Å². The van der Waals surface area contributed by atoms with Crippen molar-refractivity contribution in [2.45, 2.75) is 32.4 Å². The molecule has 3 heterocycles. The number of para-hydroxylation sites is 1. The number of carbonyl (C=O) groups excluding carboxylic acids is 1. The first-order valence-electron chi connectivity index (χ1n) is 9.17. The van der Waals surface area contributed by atoms with Crippen molar-refractivity contribution in [3.05, 3.63) is 64.9 Å². The van der Waals surface area contributed by atoms with Gasteiger partial charge >= 0.3 is 0 Å². The normalized spacial score (nSPS) is 18.2. The third-order valence-electron chi connectivity index (χ3n) is 4.48. The molecule has 2 aliphatic heterocycles. The van der Waals surface area contributed by atoms with Crippen LogP contribution in [0.5, 0.6) is 0 Å². The Balaban J connectivity index is 1.76. The molecule has 0 saturated carbocycles. The number of nitrogens with one attached hydrogen (secondary N) is 1. The minimum Gasteiger partial charge on any atom is -0.298 e. The van der Waals surface area contributed by atoms with Gasteiger partial charge in [0.15, 0.2) is 11.3 Å². The van der Waals surface area contributed by atoms with E-state index in [2.05, 4.69) is 17.2 Å². The zero-order valence-electron chi connectivity index (χ0n) is 15.1. The molecule has 1 N–H and O–H groups in total. The Bertz CT molecular complexity index is 989. The molecular weight excluding hydrogens is 358 g/mol. The summed E-state index contributed by atoms with van der Waals surface area (Å²) in [4.78, 5) is 22.0. The Morgan fingerprint density at radius 1 is 1.19 bits per heavy atom. The molecule has 1 amide bonds. The number of hydrazone groups is 1. The first kappa shape index (κ1) is 17.7. The van der Waals surface area contributed by atoms with Gasteiger partial charge in [0.2, 0.25) is 0 Å². The highest BCUT2D eigenvalue weighted by Crippen LogP contribution is 2.30. The summed E-state index contributed by atoms with van der Waals surface area (Å²) < 4.78 is 0. The van der Waals surface area contributed by atoms with E-state index in [0.717, 1.165) is 28.3 Å². The molecule has 1 aromatic heterocycles. The number of aromatic nitrogens is 1. The van der Waals surface area contributed by atoms with E-state index in [0.29, 0.717) is 10.9 Å². The van der Waals surface area contributed by atoms with E-state index in [1.165, 1.54) is 12.8 Å². The molecule has 1 aromatic carbocycles. The Morgan fingerprint density at radius 3 is 2.89 bits per heavy atom. The fraction of sp³-hybridized carbons (Fsp3) is 0.300. The summed E-state index contributed by atoms with van der Waals surface area (Å²) in [5, 5.41) is 11.6. The summed E-state index contributed by atoms with van der Waals surface area (Å²) in [5.74, 6) is 0.792. The lowest BCUT2D eigenvalue weighted by atomic mass is 10.1. The first-order chi connectivity index (χ1) is 13.3. The molecule has 0 spiro atoms. The van der Waals surface area contributed by atoms with Crippen LogP contribution in [0.4, 0.5) is 0 Å². The van der Waals surface area contributed by atoms with Crippen LogP contribution in [-0.2, 0) is 4.79 Å². The Labute approximate surface area is 162 Å². The Kier molecular flexibility index (Phi) is 5.20. The van der Waals surface area contributed by atoms with E-state index in [1.807, 2.05) is 36.4 Å². The molecule has 1 unspecified atom stereocenters. The van der Waals surface area contributed by atoms with Crippen LogP contribution in [0.1, 0.15) is 37.9 Å². The second-order valence-electron chi connectivity index (χ2n) is 6.41. The molecule has 1 atom stereocenters. The highest BCUT2D eigenvalue weighted by Gasteiger charge is 2.34. The fourth-order valence-electron chi connectivity index (χ4n) is 3.16. The van der Waals surface area contributed by atoms with Crippen LogP contribution >= 0.6 is 11.8 Å². The molecule has 2 aliphatic rings. The van der Waals surface area contributed by atoms with Crippen LogP contribution in [-0.4, -0.2) is 26.8 Å². The van der Waals surface area contributed by atoms with Gasteiger partial charge in [0, 0.05) is 28.9 Å². The Morgan fingerprint density at radius 2 is 2.07 bits per heavy atom. The molecule has 7 heteroatoms. The van der Waals surface area contributed by atoms with Crippen molar-refractivity contribution < 1.29 is 4.79 Å². The van der Waals surface area contributed by atoms with Gasteiger partial charge in [-0.25, -0.2) is 5.01 Å². The van der Waals surface area contributed by atoms with Crippen LogP contribution in [0.15, 0.2) is 58.9 Å². The standard InChI is InChI=1S/C20H21N5OS/c1-2-3-6-12-27-20-23-19(26)17-15-9-4-5-10-16(15)22-18(25(17)24-20)14-8-7-11-21-13-14/h4-5,7-11,13,18H,2-3,6,12H2,1H3,(H,23,24,26). The van der Waals surface area contributed by atoms with E-state index in [9.17, 15) is 4.79 Å². The first-order valence-corrected chi connectivity index (χ1v) is 10.2. The molecule has 0 radical (unpaired) electrons. The smallest absolute Gasteiger partial charge is 0.276 e. The van der Waals surface area contributed by atoms with Crippen molar-refractivity contribution >= 4 is 28.5 Å². The van der Waals surface area contributed by atoms with Gasteiger partial charge in [-0.15, -0.1) is 5.10 Å². The number of benzene rings is 1. The van der Waals surface area contributed by atoms with Gasteiger partial charge in [0.05, 0.1) is 5.36 Å². The average Bonchev–Trinajstić information content (AvgIpc) is 2.71. The number of rotatable bonds is 5. The third kappa shape index (κ3) is 3.60. The topological polar surface area (TPSA) is 70.0 Å². The van der Waals surface area contributed by atoms with Gasteiger partial charge in [-0.1, -0.05) is 55.8 Å². The number of unbranched alkanes of at least 4 members (excludes halogenated alkanes) is 2. The van der Waals surface area contributed by atoms with Crippen LogP contribution in [0, 0.1) is 0 Å². The molecule has 0 saturated heterocycles. The zero-order valence-corrected chi connectivity index (χ0v) is 15.9. The molecule has 6 nitrogen and oxygen atoms in total. The number of amidine groups is 1. The molecule has 138 valence electrons. The molecule has 0 bridgehead atoms. The van der Waals surface area contributed by atoms with Gasteiger partial charge in [-0.3, -0.25) is 20.1 Å². The third-order valence-corrected chi connectivity index (χ3v) is 5.43. The van der Waals surface area contributed by atoms with Crippen molar-refractivity contribution in [3.63, 3.8) is 0 Å². The van der Waals surface area contributed by atoms with Crippen molar-refractivity contribution in [3.8, 4) is 0 Å². The molecule has 27 heavy (non-hydrogen) atoms. The van der Waals surface area contributed by atoms with Crippen molar-refractivity contribution in [2.75, 3.05) is 5.75 Å². The summed E-state index contributed by atoms with van der Waals surface area (Å²) in [5.41, 5.74) is 1.44. The second kappa shape index (κ2) is 7.92. The molecule has 0 aliphatic carbocycles. The van der Waals surface area contributed by atoms with Gasteiger partial charge in [0.1, 0.15) is 5.70 Å². The number of pyridine rings is 1. The monoisotopic (exact) mass is 379 g/mol. The van der Waals surface area contributed by atoms with Crippen LogP contribution in [0.2, 0.25) is 0 Å². The van der Waals surface area contributed by atoms with Crippen LogP contribution in [0.3, 0.4) is 0 Å². The fourth-order valence-corrected chi connectivity index (χ4v) is 4.01. The number of amides is 1. The van der Waals surface area contributed by atoms with Crippen molar-refractivity contribution in [2.24, 2.45) is 10.1 Å². The number of fused-ring (bicyclic) bond motifs is 2. The summed E-state index contributed by atoms with van der Waals surface area (Å²) in [7, 11) is 0. The zero-order chi connectivity index (χ0) is 18.6. The summed E-state index contributed by atoms with van der Waals surface area (Å²) in [6, 6.07) is 11.5. The van der Waals surface area contributed by atoms with Gasteiger partial charge in [-0.2, -0.15) is 0 Å². The van der Waals surface area contributed by atoms with Crippen LogP contribution in [0.25, 0.3) is 5.70 Å². The van der Waals surface area contributed by atoms with E-state index in [1.54, 1.807) is 29.2 Å². The van der Waals surface area contributed by atoms with E-state index < -0.39 is 6.17 Å². The highest BCUT2D eigenvalue weighted by molar-refractivity contribution is 8.13. The SMILES string of the molecule is CCCCCSC1=NN2C(=c3ccccc3=NC2c2cccnc2)C(=O)N1. The summed E-state index contributed by atoms with van der Waals surface area (Å²) >= 11 is 1.58. The maximum absolute atomic E-state index is 12.9.